The van der Waals surface area contributed by atoms with Crippen LogP contribution in [0.25, 0.3) is 16.7 Å². The maximum atomic E-state index is 6.07. The Labute approximate surface area is 151 Å². The highest BCUT2D eigenvalue weighted by atomic mass is 127. The third kappa shape index (κ3) is 2.65. The number of hydrogen-bond donors (Lipinski definition) is 0. The van der Waals surface area contributed by atoms with Gasteiger partial charge in [0.05, 0.1) is 22.6 Å². The van der Waals surface area contributed by atoms with Gasteiger partial charge in [0, 0.05) is 12.5 Å². The number of imidazole rings is 1. The number of hydrogen-bond acceptors (Lipinski definition) is 1. The Morgan fingerprint density at radius 3 is 2.70 bits per heavy atom. The molecule has 2 aromatic carbocycles. The van der Waals surface area contributed by atoms with E-state index in [0.29, 0.717) is 5.88 Å². The van der Waals surface area contributed by atoms with Crippen molar-refractivity contribution < 1.29 is 0 Å². The summed E-state index contributed by atoms with van der Waals surface area (Å²) in [6.45, 7) is 0. The van der Waals surface area contributed by atoms with Gasteiger partial charge in [-0.25, -0.2) is 4.98 Å². The number of alkyl halides is 1. The summed E-state index contributed by atoms with van der Waals surface area (Å²) in [7, 11) is 0. The predicted molar refractivity (Wildman–Crippen MR) is 98.7 cm³/mol. The lowest BCUT2D eigenvalue weighted by atomic mass is 10.3. The minimum absolute atomic E-state index is 0.365. The van der Waals surface area contributed by atoms with Crippen LogP contribution < -0.4 is 0 Å². The molecule has 0 N–H and O–H groups in total. The Morgan fingerprint density at radius 2 is 1.95 bits per heavy atom. The van der Waals surface area contributed by atoms with Gasteiger partial charge in [0.2, 0.25) is 0 Å². The van der Waals surface area contributed by atoms with Gasteiger partial charge >= 0.3 is 0 Å². The molecule has 0 fully saturated rings. The van der Waals surface area contributed by atoms with Crippen molar-refractivity contribution in [3.8, 4) is 5.69 Å². The van der Waals surface area contributed by atoms with E-state index in [1.54, 1.807) is 0 Å². The Balaban J connectivity index is 2.37. The molecule has 20 heavy (non-hydrogen) atoms. The summed E-state index contributed by atoms with van der Waals surface area (Å²) in [5.74, 6) is 1.20. The van der Waals surface area contributed by atoms with Crippen molar-refractivity contribution in [3.63, 3.8) is 0 Å². The van der Waals surface area contributed by atoms with E-state index in [2.05, 4.69) is 88.3 Å². The molecule has 0 atom stereocenters. The third-order valence-corrected chi connectivity index (χ3v) is 5.03. The molecule has 3 aromatic rings. The fraction of sp³-hybridized carbons (Fsp3) is 0.0714. The topological polar surface area (TPSA) is 17.8 Å². The van der Waals surface area contributed by atoms with Gasteiger partial charge in [0.15, 0.2) is 0 Å². The van der Waals surface area contributed by atoms with Crippen LogP contribution in [-0.2, 0) is 5.88 Å². The first-order valence-electron chi connectivity index (χ1n) is 5.78. The van der Waals surface area contributed by atoms with E-state index in [0.717, 1.165) is 35.1 Å². The zero-order chi connectivity index (χ0) is 14.3. The average Bonchev–Trinajstić information content (AvgIpc) is 2.78. The first kappa shape index (κ1) is 14.8. The average molecular weight is 526 g/mol. The maximum absolute atomic E-state index is 6.07. The fourth-order valence-electron chi connectivity index (χ4n) is 2.12. The molecule has 0 saturated heterocycles. The molecule has 102 valence electrons. The molecule has 0 aliphatic carbocycles. The normalized spacial score (nSPS) is 11.2. The molecule has 6 heteroatoms. The van der Waals surface area contributed by atoms with Crippen LogP contribution in [0.15, 0.2) is 45.3 Å². The summed E-state index contributed by atoms with van der Waals surface area (Å²) < 4.78 is 5.27. The zero-order valence-corrected chi connectivity index (χ0v) is 16.2. The molecular weight excluding hydrogens is 518 g/mol. The number of nitrogens with zero attached hydrogens (tertiary/aromatic N) is 2. The maximum Gasteiger partial charge on any atom is 0.129 e. The lowest BCUT2D eigenvalue weighted by molar-refractivity contribution is 0.976. The number of fused-ring (bicyclic) bond motifs is 1. The van der Waals surface area contributed by atoms with Crippen LogP contribution >= 0.6 is 66.1 Å². The monoisotopic (exact) mass is 524 g/mol. The number of benzene rings is 2. The minimum atomic E-state index is 0.365. The SMILES string of the molecule is ClCc1nc2cc(I)ccc2n1-c1cc(Br)ccc1Br. The molecule has 0 amide bonds. The van der Waals surface area contributed by atoms with Crippen molar-refractivity contribution in [1.29, 1.82) is 0 Å². The van der Waals surface area contributed by atoms with E-state index >= 15 is 0 Å². The second-order valence-electron chi connectivity index (χ2n) is 4.23. The molecule has 1 heterocycles. The Bertz CT molecular complexity index is 801. The molecule has 2 nitrogen and oxygen atoms in total. The van der Waals surface area contributed by atoms with Crippen LogP contribution in [-0.4, -0.2) is 9.55 Å². The molecule has 3 rings (SSSR count). The third-order valence-electron chi connectivity index (χ3n) is 2.95. The lowest BCUT2D eigenvalue weighted by Crippen LogP contribution is -2.00. The Kier molecular flexibility index (Phi) is 4.40. The summed E-state index contributed by atoms with van der Waals surface area (Å²) in [4.78, 5) is 4.63. The van der Waals surface area contributed by atoms with Crippen LogP contribution in [0.1, 0.15) is 5.82 Å². The van der Waals surface area contributed by atoms with Gasteiger partial charge in [-0.05, 0) is 74.9 Å². The van der Waals surface area contributed by atoms with Crippen LogP contribution in [0.5, 0.6) is 0 Å². The highest BCUT2D eigenvalue weighted by molar-refractivity contribution is 14.1. The first-order valence-corrected chi connectivity index (χ1v) is 8.98. The van der Waals surface area contributed by atoms with E-state index in [1.807, 2.05) is 12.1 Å². The Hall–Kier alpha value is -0.110. The van der Waals surface area contributed by atoms with Crippen LogP contribution in [0.4, 0.5) is 0 Å². The standard InChI is InChI=1S/C14H8Br2ClIN2/c15-8-1-3-10(16)13(5-8)20-12-4-2-9(18)6-11(12)19-14(20)7-17/h1-6H,7H2. The van der Waals surface area contributed by atoms with Gasteiger partial charge in [-0.2, -0.15) is 0 Å². The quantitative estimate of drug-likeness (QED) is 0.301. The van der Waals surface area contributed by atoms with Crippen molar-refractivity contribution in [2.75, 3.05) is 0 Å². The van der Waals surface area contributed by atoms with Crippen molar-refractivity contribution in [1.82, 2.24) is 9.55 Å². The second-order valence-corrected chi connectivity index (χ2v) is 7.51. The van der Waals surface area contributed by atoms with Crippen molar-refractivity contribution >= 4 is 77.1 Å². The molecule has 0 aliphatic heterocycles. The summed E-state index contributed by atoms with van der Waals surface area (Å²) in [5, 5.41) is 0. The minimum Gasteiger partial charge on any atom is -0.294 e. The van der Waals surface area contributed by atoms with Gasteiger partial charge in [-0.15, -0.1) is 11.6 Å². The van der Waals surface area contributed by atoms with Crippen LogP contribution in [0.3, 0.4) is 0 Å². The van der Waals surface area contributed by atoms with Gasteiger partial charge in [-0.1, -0.05) is 15.9 Å². The summed E-state index contributed by atoms with van der Waals surface area (Å²) in [5.41, 5.74) is 3.04. The first-order chi connectivity index (χ1) is 9.60. The van der Waals surface area contributed by atoms with E-state index in [9.17, 15) is 0 Å². The molecule has 0 radical (unpaired) electrons. The predicted octanol–water partition coefficient (Wildman–Crippen LogP) is 5.89. The van der Waals surface area contributed by atoms with Gasteiger partial charge < -0.3 is 0 Å². The van der Waals surface area contributed by atoms with Crippen molar-refractivity contribution in [2.45, 2.75) is 5.88 Å². The van der Waals surface area contributed by atoms with Crippen molar-refractivity contribution in [3.05, 3.63) is 54.7 Å². The highest BCUT2D eigenvalue weighted by Crippen LogP contribution is 2.30. The molecule has 0 saturated carbocycles. The zero-order valence-electron chi connectivity index (χ0n) is 10.1. The van der Waals surface area contributed by atoms with Gasteiger partial charge in [0.25, 0.3) is 0 Å². The summed E-state index contributed by atoms with van der Waals surface area (Å²) in [6.07, 6.45) is 0. The van der Waals surface area contributed by atoms with Crippen molar-refractivity contribution in [2.24, 2.45) is 0 Å². The van der Waals surface area contributed by atoms with Gasteiger partial charge in [0.1, 0.15) is 5.82 Å². The van der Waals surface area contributed by atoms with E-state index < -0.39 is 0 Å². The van der Waals surface area contributed by atoms with E-state index in [-0.39, 0.29) is 0 Å². The summed E-state index contributed by atoms with van der Waals surface area (Å²) >= 11 is 15.5. The molecule has 0 unspecified atom stereocenters. The largest absolute Gasteiger partial charge is 0.294 e. The smallest absolute Gasteiger partial charge is 0.129 e. The number of rotatable bonds is 2. The van der Waals surface area contributed by atoms with Gasteiger partial charge in [-0.3, -0.25) is 4.57 Å². The molecule has 0 bridgehead atoms. The fourth-order valence-corrected chi connectivity index (χ4v) is 3.55. The highest BCUT2D eigenvalue weighted by Gasteiger charge is 2.14. The number of halogens is 4. The molecule has 0 spiro atoms. The lowest BCUT2D eigenvalue weighted by Gasteiger charge is -2.10. The molecule has 1 aromatic heterocycles. The number of aromatic nitrogens is 2. The Morgan fingerprint density at radius 1 is 1.15 bits per heavy atom. The summed E-state index contributed by atoms with van der Waals surface area (Å²) in [6, 6.07) is 12.3. The van der Waals surface area contributed by atoms with E-state index in [1.165, 1.54) is 0 Å². The molecule has 0 aliphatic rings. The van der Waals surface area contributed by atoms with Crippen LogP contribution in [0, 0.1) is 3.57 Å². The van der Waals surface area contributed by atoms with Crippen LogP contribution in [0.2, 0.25) is 0 Å². The second kappa shape index (κ2) is 5.94. The molecular formula is C14H8Br2ClIN2. The van der Waals surface area contributed by atoms with E-state index in [4.69, 9.17) is 11.6 Å².